The van der Waals surface area contributed by atoms with Crippen LogP contribution in [0, 0.1) is 6.92 Å². The third-order valence-electron chi connectivity index (χ3n) is 2.96. The van der Waals surface area contributed by atoms with E-state index in [9.17, 15) is 4.79 Å². The summed E-state index contributed by atoms with van der Waals surface area (Å²) in [7, 11) is 0. The van der Waals surface area contributed by atoms with Gasteiger partial charge in [0, 0.05) is 23.1 Å². The first-order chi connectivity index (χ1) is 8.58. The standard InChI is InChI=1S/C14H18N2O2/c1-9(17)8-15-14(18)7-12-10(2)16-13-6-4-3-5-11(12)13/h3-6,9,16-17H,7-8H2,1-2H3,(H,15,18)/t9-/m0/s1. The molecule has 0 saturated heterocycles. The molecular weight excluding hydrogens is 228 g/mol. The Labute approximate surface area is 106 Å². The van der Waals surface area contributed by atoms with Crippen molar-refractivity contribution in [1.82, 2.24) is 10.3 Å². The average Bonchev–Trinajstić information content (AvgIpc) is 2.64. The summed E-state index contributed by atoms with van der Waals surface area (Å²) in [6.45, 7) is 3.91. The number of hydrogen-bond donors (Lipinski definition) is 3. The number of rotatable bonds is 4. The number of aromatic nitrogens is 1. The third kappa shape index (κ3) is 2.71. The first-order valence-corrected chi connectivity index (χ1v) is 6.09. The highest BCUT2D eigenvalue weighted by Crippen LogP contribution is 2.22. The summed E-state index contributed by atoms with van der Waals surface area (Å²) in [6, 6.07) is 7.94. The van der Waals surface area contributed by atoms with Crippen molar-refractivity contribution in [2.45, 2.75) is 26.4 Å². The predicted molar refractivity (Wildman–Crippen MR) is 71.4 cm³/mol. The Bertz CT molecular complexity index is 558. The van der Waals surface area contributed by atoms with E-state index in [0.717, 1.165) is 22.2 Å². The summed E-state index contributed by atoms with van der Waals surface area (Å²) in [5.41, 5.74) is 3.09. The molecule has 0 fully saturated rings. The van der Waals surface area contributed by atoms with Crippen molar-refractivity contribution in [3.8, 4) is 0 Å². The van der Waals surface area contributed by atoms with Crippen LogP contribution in [0.1, 0.15) is 18.2 Å². The van der Waals surface area contributed by atoms with E-state index in [1.54, 1.807) is 6.92 Å². The van der Waals surface area contributed by atoms with Gasteiger partial charge in [-0.15, -0.1) is 0 Å². The SMILES string of the molecule is Cc1[nH]c2ccccc2c1CC(=O)NC[C@H](C)O. The molecule has 1 atom stereocenters. The highest BCUT2D eigenvalue weighted by molar-refractivity contribution is 5.90. The van der Waals surface area contributed by atoms with E-state index in [1.807, 2.05) is 31.2 Å². The van der Waals surface area contributed by atoms with Crippen molar-refractivity contribution in [3.63, 3.8) is 0 Å². The molecule has 1 aromatic carbocycles. The fraction of sp³-hybridized carbons (Fsp3) is 0.357. The molecule has 0 aliphatic carbocycles. The molecule has 4 nitrogen and oxygen atoms in total. The van der Waals surface area contributed by atoms with Gasteiger partial charge >= 0.3 is 0 Å². The molecule has 1 aromatic heterocycles. The van der Waals surface area contributed by atoms with Crippen molar-refractivity contribution in [2.75, 3.05) is 6.54 Å². The number of nitrogens with one attached hydrogen (secondary N) is 2. The van der Waals surface area contributed by atoms with Crippen LogP contribution in [-0.2, 0) is 11.2 Å². The van der Waals surface area contributed by atoms with Crippen LogP contribution in [0.5, 0.6) is 0 Å². The number of fused-ring (bicyclic) bond motifs is 1. The smallest absolute Gasteiger partial charge is 0.224 e. The van der Waals surface area contributed by atoms with E-state index in [1.165, 1.54) is 0 Å². The normalized spacial score (nSPS) is 12.6. The number of amides is 1. The highest BCUT2D eigenvalue weighted by Gasteiger charge is 2.12. The number of aromatic amines is 1. The van der Waals surface area contributed by atoms with Crippen LogP contribution < -0.4 is 5.32 Å². The van der Waals surface area contributed by atoms with Gasteiger partial charge in [-0.2, -0.15) is 0 Å². The lowest BCUT2D eigenvalue weighted by Gasteiger charge is -2.07. The summed E-state index contributed by atoms with van der Waals surface area (Å²) in [5.74, 6) is -0.0660. The molecule has 18 heavy (non-hydrogen) atoms. The number of aliphatic hydroxyl groups is 1. The van der Waals surface area contributed by atoms with Gasteiger partial charge in [-0.1, -0.05) is 18.2 Å². The van der Waals surface area contributed by atoms with Gasteiger partial charge in [-0.05, 0) is 25.5 Å². The van der Waals surface area contributed by atoms with E-state index in [4.69, 9.17) is 5.11 Å². The Balaban J connectivity index is 2.16. The Morgan fingerprint density at radius 3 is 2.89 bits per heavy atom. The number of H-pyrrole nitrogens is 1. The fourth-order valence-electron chi connectivity index (χ4n) is 2.05. The van der Waals surface area contributed by atoms with Gasteiger partial charge in [0.2, 0.25) is 5.91 Å². The van der Waals surface area contributed by atoms with Crippen LogP contribution in [0.3, 0.4) is 0 Å². The molecule has 0 unspecified atom stereocenters. The van der Waals surface area contributed by atoms with Crippen LogP contribution in [0.2, 0.25) is 0 Å². The van der Waals surface area contributed by atoms with Crippen molar-refractivity contribution in [1.29, 1.82) is 0 Å². The van der Waals surface area contributed by atoms with E-state index < -0.39 is 6.10 Å². The predicted octanol–water partition coefficient (Wildman–Crippen LogP) is 1.52. The van der Waals surface area contributed by atoms with Crippen molar-refractivity contribution >= 4 is 16.8 Å². The van der Waals surface area contributed by atoms with Crippen molar-refractivity contribution in [2.24, 2.45) is 0 Å². The topological polar surface area (TPSA) is 65.1 Å². The largest absolute Gasteiger partial charge is 0.392 e. The van der Waals surface area contributed by atoms with Crippen LogP contribution in [-0.4, -0.2) is 28.6 Å². The summed E-state index contributed by atoms with van der Waals surface area (Å²) in [5, 5.41) is 12.9. The molecule has 1 heterocycles. The molecule has 0 radical (unpaired) electrons. The van der Waals surface area contributed by atoms with Crippen molar-refractivity contribution < 1.29 is 9.90 Å². The Hall–Kier alpha value is -1.81. The maximum Gasteiger partial charge on any atom is 0.224 e. The summed E-state index contributed by atoms with van der Waals surface area (Å²) < 4.78 is 0. The van der Waals surface area contributed by atoms with Gasteiger partial charge in [0.15, 0.2) is 0 Å². The zero-order valence-corrected chi connectivity index (χ0v) is 10.7. The number of benzene rings is 1. The lowest BCUT2D eigenvalue weighted by atomic mass is 10.1. The van der Waals surface area contributed by atoms with Crippen molar-refractivity contribution in [3.05, 3.63) is 35.5 Å². The van der Waals surface area contributed by atoms with E-state index in [0.29, 0.717) is 13.0 Å². The molecule has 96 valence electrons. The van der Waals surface area contributed by atoms with Gasteiger partial charge in [0.25, 0.3) is 0 Å². The highest BCUT2D eigenvalue weighted by atomic mass is 16.3. The molecule has 1 amide bonds. The third-order valence-corrected chi connectivity index (χ3v) is 2.96. The Morgan fingerprint density at radius 1 is 1.44 bits per heavy atom. The molecule has 0 saturated carbocycles. The maximum absolute atomic E-state index is 11.8. The second-order valence-corrected chi connectivity index (χ2v) is 4.60. The number of hydrogen-bond acceptors (Lipinski definition) is 2. The molecule has 0 aliphatic rings. The number of aliphatic hydroxyl groups excluding tert-OH is 1. The van der Waals surface area contributed by atoms with Gasteiger partial charge in [-0.25, -0.2) is 0 Å². The molecule has 0 aliphatic heterocycles. The maximum atomic E-state index is 11.8. The minimum absolute atomic E-state index is 0.0660. The molecule has 0 spiro atoms. The molecule has 2 aromatic rings. The number of carbonyl (C=O) groups is 1. The summed E-state index contributed by atoms with van der Waals surface area (Å²) in [6.07, 6.45) is -0.180. The molecule has 3 N–H and O–H groups in total. The van der Waals surface area contributed by atoms with Crippen LogP contribution in [0.15, 0.2) is 24.3 Å². The zero-order valence-electron chi connectivity index (χ0n) is 10.7. The minimum Gasteiger partial charge on any atom is -0.392 e. The molecule has 4 heteroatoms. The lowest BCUT2D eigenvalue weighted by molar-refractivity contribution is -0.120. The van der Waals surface area contributed by atoms with Gasteiger partial charge in [0.1, 0.15) is 0 Å². The van der Waals surface area contributed by atoms with Gasteiger partial charge in [-0.3, -0.25) is 4.79 Å². The second kappa shape index (κ2) is 5.23. The second-order valence-electron chi connectivity index (χ2n) is 4.60. The van der Waals surface area contributed by atoms with Crippen LogP contribution in [0.25, 0.3) is 10.9 Å². The minimum atomic E-state index is -0.516. The Kier molecular flexibility index (Phi) is 3.67. The summed E-state index contributed by atoms with van der Waals surface area (Å²) >= 11 is 0. The number of aryl methyl sites for hydroxylation is 1. The van der Waals surface area contributed by atoms with Crippen LogP contribution >= 0.6 is 0 Å². The first-order valence-electron chi connectivity index (χ1n) is 6.09. The number of para-hydroxylation sites is 1. The molecular formula is C14H18N2O2. The molecule has 2 rings (SSSR count). The monoisotopic (exact) mass is 246 g/mol. The van der Waals surface area contributed by atoms with Gasteiger partial charge in [0.05, 0.1) is 12.5 Å². The van der Waals surface area contributed by atoms with Gasteiger partial charge < -0.3 is 15.4 Å². The average molecular weight is 246 g/mol. The van der Waals surface area contributed by atoms with E-state index in [-0.39, 0.29) is 5.91 Å². The quantitative estimate of drug-likeness (QED) is 0.765. The zero-order chi connectivity index (χ0) is 13.1. The van der Waals surface area contributed by atoms with E-state index in [2.05, 4.69) is 10.3 Å². The fourth-order valence-corrected chi connectivity index (χ4v) is 2.05. The lowest BCUT2D eigenvalue weighted by Crippen LogP contribution is -2.31. The molecule has 0 bridgehead atoms. The first kappa shape index (κ1) is 12.6. The summed E-state index contributed by atoms with van der Waals surface area (Å²) in [4.78, 5) is 15.0. The van der Waals surface area contributed by atoms with Crippen LogP contribution in [0.4, 0.5) is 0 Å². The van der Waals surface area contributed by atoms with E-state index >= 15 is 0 Å². The Morgan fingerprint density at radius 2 is 2.17 bits per heavy atom. The number of carbonyl (C=O) groups excluding carboxylic acids is 1.